The molecule has 8 fully saturated rings. The Morgan fingerprint density at radius 2 is 0.672 bits per heavy atom. The van der Waals surface area contributed by atoms with Crippen LogP contribution in [0.4, 0.5) is 0 Å². The molecule has 38 nitrogen and oxygen atoms in total. The van der Waals surface area contributed by atoms with E-state index in [-0.39, 0.29) is 47.1 Å². The molecule has 12 aliphatic heterocycles. The maximum absolute atomic E-state index is 12.0. The van der Waals surface area contributed by atoms with Crippen LogP contribution in [0.5, 0.6) is 0 Å². The van der Waals surface area contributed by atoms with Gasteiger partial charge in [0.25, 0.3) is 23.6 Å². The van der Waals surface area contributed by atoms with Crippen LogP contribution in [-0.4, -0.2) is 453 Å². The van der Waals surface area contributed by atoms with E-state index in [1.165, 1.54) is 9.80 Å². The zero-order chi connectivity index (χ0) is 101. The van der Waals surface area contributed by atoms with Gasteiger partial charge in [-0.15, -0.1) is 79.1 Å². The summed E-state index contributed by atoms with van der Waals surface area (Å²) in [5.74, 6) is -0.422. The standard InChI is InChI=1S/C17H28N3O4P.C15H27N2O4P.C15H25N2O4P.C14H22IN2O4P.C14H23N2O5P.C14H25N2O4P/c1-11-19-16(23)12(6-5-8-18)10-20(11)17-15(22)14(21)13(24-17)7-9-25(2,3)4;2*1-9-8-17(10(2)16-14(9)20)15-13(19)12(18)11(21-15)6-7-22(3,4)5;1-8-16-13(20)9(15)7-17(8)14-12(19)11(18)10(21-14)5-6-22(2,3)4;1-8-15-13(20)9(17)7-16(8)14-12(19)11(18)10(21-14)5-6-22(2,3)4;1-9-15-11(17)5-7-16(9)14-13(19)12(18)10(20-14)6-8-21(2,3)4/h5-6,10,13-15,17,21-22H,1-2,7-9,18H2,3-4H3,(H,19,23);9,11-13,15,18-19H,2-3,6-8H2,1,4-5H3,(H,16,20);8,11-13,15,18-19H,2-3,6-7H2,1,4-5H3,(H,16,20);7,10-12,14,18-19H,1-2,5-6H2,3-4H3,(H,16,20);7,10-12,14,17-19H,1-2,5-6H2,3-4H3,(H,15,20);10,12-14,18-19H,1-2,5-8H2,3-4H3,(H,15,17)/b6-5+;;;;;/t13-,14-,15?,17-;9?,11-,12-,13?,15-;11-,12-,13?,15-;2*10-,11-,12?,14-;10-,12-,13?,14-/m111111/s1. The van der Waals surface area contributed by atoms with Crippen molar-refractivity contribution < 1.29 is 124 Å². The fraction of sp³-hybridized carbons (Fsp3) is 0.618. The van der Waals surface area contributed by atoms with Gasteiger partial charge in [0.05, 0.1) is 57.9 Å². The van der Waals surface area contributed by atoms with Crippen molar-refractivity contribution in [2.75, 3.05) is 137 Å². The molecule has 12 rings (SSSR count). The number of carbonyl (C=O) groups excluding carboxylic acids is 6. The molecule has 6 amide bonds. The normalized spacial score (nSPS) is 33.3. The molecule has 25 atom stereocenters. The average molecular weight is 2110 g/mol. The summed E-state index contributed by atoms with van der Waals surface area (Å²) in [5.41, 5.74) is 6.29. The van der Waals surface area contributed by atoms with Crippen molar-refractivity contribution in [3.8, 4) is 0 Å². The molecule has 758 valence electrons. The molecule has 0 spiro atoms. The lowest BCUT2D eigenvalue weighted by Gasteiger charge is -2.39. The maximum atomic E-state index is 12.0. The number of hydrogen-bond acceptors (Lipinski definition) is 32. The van der Waals surface area contributed by atoms with Crippen molar-refractivity contribution in [2.45, 2.75) is 206 Å². The van der Waals surface area contributed by atoms with E-state index in [4.69, 9.17) is 34.2 Å². The summed E-state index contributed by atoms with van der Waals surface area (Å²) in [6.07, 6.45) is 23.7. The van der Waals surface area contributed by atoms with Gasteiger partial charge in [0.2, 0.25) is 11.8 Å². The summed E-state index contributed by atoms with van der Waals surface area (Å²) in [6, 6.07) is 0. The number of amides is 6. The Kier molecular flexibility index (Phi) is 41.5. The minimum absolute atomic E-state index is 0.0885. The molecule has 45 heteroatoms. The SMILES string of the molecule is C=C1NC(=O)C(/C=C/CN)=CN1[C@@H]1O[C@H](CCP(=C)(C)C)[C@@H](O)C1O.C=C1NC(=O)C(C)=CN1[C@@H]1O[C@H](CCP(=C)(C)C)[C@@H](O)C1O.C=C1NC(=O)C(C)CN1[C@@H]1O[C@H](CCP(=C)(C)C)[C@@H](O)C1O.C=C1NC(=O)C(I)=CN1[C@@H]1O[C@H](CCP(=C)(C)C)[C@@H](O)C1O.C=C1NC(=O)C(O)=CN1[C@@H]1O[C@H](CCP(=C)(C)C)[C@@H](O)C1O.C=C1NC(=O)CCN1[C@@H]1O[C@H](CCP(=C)(C)C)[C@@H](O)C1O. The van der Waals surface area contributed by atoms with Crippen LogP contribution in [-0.2, 0) is 57.2 Å². The van der Waals surface area contributed by atoms with E-state index in [0.29, 0.717) is 103 Å². The summed E-state index contributed by atoms with van der Waals surface area (Å²) in [7, 11) is 0. The highest BCUT2D eigenvalue weighted by molar-refractivity contribution is 14.1. The third-order valence-electron chi connectivity index (χ3n) is 23.5. The quantitative estimate of drug-likeness (QED) is 0.0417. The first-order chi connectivity index (χ1) is 61.7. The Hall–Kier alpha value is -5.67. The number of ether oxygens (including phenoxy) is 6. The molecule has 0 bridgehead atoms. The van der Waals surface area contributed by atoms with Crippen molar-refractivity contribution in [1.29, 1.82) is 0 Å². The molecule has 0 aromatic carbocycles. The van der Waals surface area contributed by atoms with E-state index in [1.54, 1.807) is 64.2 Å². The first-order valence-electron chi connectivity index (χ1n) is 44.1. The van der Waals surface area contributed by atoms with Gasteiger partial charge >= 0.3 is 0 Å². The number of nitrogens with zero attached hydrogens (tertiary/aromatic N) is 6. The van der Waals surface area contributed by atoms with Gasteiger partial charge in [-0.3, -0.25) is 28.8 Å². The molecule has 0 aromatic rings. The second-order valence-electron chi connectivity index (χ2n) is 39.7. The Morgan fingerprint density at radius 3 is 1.01 bits per heavy atom. The third kappa shape index (κ3) is 32.4. The minimum Gasteiger partial charge on any atom is -0.502 e. The molecule has 0 radical (unpaired) electrons. The number of aliphatic hydroxyl groups is 13. The highest BCUT2D eigenvalue weighted by atomic mass is 127. The summed E-state index contributed by atoms with van der Waals surface area (Å²) in [6.45, 7) is 45.2. The van der Waals surface area contributed by atoms with Crippen molar-refractivity contribution in [3.63, 3.8) is 0 Å². The summed E-state index contributed by atoms with van der Waals surface area (Å²) < 4.78 is 35.4. The summed E-state index contributed by atoms with van der Waals surface area (Å²) >= 11 is 1.90. The molecule has 7 unspecified atom stereocenters. The van der Waals surface area contributed by atoms with Gasteiger partial charge in [-0.25, -0.2) is 0 Å². The van der Waals surface area contributed by atoms with Crippen LogP contribution < -0.4 is 37.6 Å². The Bertz CT molecular complexity index is 4550. The topological polar surface area (TPSA) is 538 Å². The van der Waals surface area contributed by atoms with Crippen LogP contribution in [0.2, 0.25) is 0 Å². The maximum Gasteiger partial charge on any atom is 0.293 e. The van der Waals surface area contributed by atoms with Gasteiger partial charge in [0, 0.05) is 50.2 Å². The lowest BCUT2D eigenvalue weighted by molar-refractivity contribution is -0.133. The predicted octanol–water partition coefficient (Wildman–Crippen LogP) is 0.617. The third-order valence-corrected chi connectivity index (χ3v) is 33.1. The monoisotopic (exact) mass is 2110 g/mol. The van der Waals surface area contributed by atoms with E-state index in [0.717, 1.165) is 43.2 Å². The van der Waals surface area contributed by atoms with Gasteiger partial charge < -0.3 is 162 Å². The van der Waals surface area contributed by atoms with E-state index in [1.807, 2.05) is 22.6 Å². The first-order valence-corrected chi connectivity index (χ1v) is 63.5. The highest BCUT2D eigenvalue weighted by Crippen LogP contribution is 2.46. The minimum atomic E-state index is -1.26. The van der Waals surface area contributed by atoms with Gasteiger partial charge in [-0.1, -0.05) is 58.5 Å². The number of aliphatic hydroxyl groups excluding tert-OH is 13. The fourth-order valence-electron chi connectivity index (χ4n) is 15.6. The molecular formula is C89H150IN13O25P6. The zero-order valence-corrected chi connectivity index (χ0v) is 87.3. The number of nitrogens with one attached hydrogen (secondary N) is 6. The molecule has 0 aliphatic carbocycles. The van der Waals surface area contributed by atoms with E-state index in [9.17, 15) is 95.2 Å². The highest BCUT2D eigenvalue weighted by Gasteiger charge is 2.53. The van der Waals surface area contributed by atoms with E-state index in [2.05, 4.69) is 189 Å². The lowest BCUT2D eigenvalue weighted by Crippen LogP contribution is -2.54. The van der Waals surface area contributed by atoms with Gasteiger partial charge in [-0.2, -0.15) is 0 Å². The molecule has 8 saturated heterocycles. The number of carbonyl (C=O) groups is 6. The van der Waals surface area contributed by atoms with Gasteiger partial charge in [-0.05, 0) is 185 Å². The summed E-state index contributed by atoms with van der Waals surface area (Å²) in [5, 5.41) is 148. The van der Waals surface area contributed by atoms with Crippen LogP contribution in [0, 0.1) is 5.92 Å². The first kappa shape index (κ1) is 115. The van der Waals surface area contributed by atoms with Crippen LogP contribution >= 0.6 is 63.9 Å². The largest absolute Gasteiger partial charge is 0.502 e. The van der Waals surface area contributed by atoms with Crippen LogP contribution in [0.3, 0.4) is 0 Å². The second kappa shape index (κ2) is 48.2. The number of hydrogen-bond donors (Lipinski definition) is 20. The summed E-state index contributed by atoms with van der Waals surface area (Å²) in [4.78, 5) is 78.8. The Balaban J connectivity index is 0.000000220. The molecular weight excluding hydrogens is 1960 g/mol. The van der Waals surface area contributed by atoms with Crippen molar-refractivity contribution in [1.82, 2.24) is 61.3 Å². The van der Waals surface area contributed by atoms with Crippen LogP contribution in [0.1, 0.15) is 58.8 Å². The molecule has 134 heavy (non-hydrogen) atoms. The van der Waals surface area contributed by atoms with Crippen molar-refractivity contribution >= 4 is 137 Å². The van der Waals surface area contributed by atoms with Crippen LogP contribution in [0.15, 0.2) is 132 Å². The molecule has 12 heterocycles. The number of halogens is 1. The van der Waals surface area contributed by atoms with Gasteiger partial charge in [0.1, 0.15) is 108 Å². The second-order valence-corrected chi connectivity index (χ2v) is 66.7. The predicted molar refractivity (Wildman–Crippen MR) is 547 cm³/mol. The smallest absolute Gasteiger partial charge is 0.293 e. The van der Waals surface area contributed by atoms with Crippen LogP contribution in [0.25, 0.3) is 0 Å². The van der Waals surface area contributed by atoms with Crippen molar-refractivity contribution in [2.24, 2.45) is 11.7 Å². The van der Waals surface area contributed by atoms with Crippen molar-refractivity contribution in [3.05, 3.63) is 132 Å². The molecule has 12 aliphatic rings. The number of rotatable bonds is 26. The fourth-order valence-corrected chi connectivity index (χ4v) is 21.7. The number of nitrogens with two attached hydrogens (primary N) is 1. The molecule has 0 saturated carbocycles. The average Bonchev–Trinajstić information content (AvgIpc) is 1.65. The van der Waals surface area contributed by atoms with E-state index < -0.39 is 200 Å². The molecule has 0 aromatic heterocycles. The lowest BCUT2D eigenvalue weighted by atomic mass is 10.1. The van der Waals surface area contributed by atoms with Gasteiger partial charge in [0.15, 0.2) is 43.1 Å². The Labute approximate surface area is 803 Å². The Morgan fingerprint density at radius 1 is 0.388 bits per heavy atom. The molecule has 21 N–H and O–H groups in total. The zero-order valence-electron chi connectivity index (χ0n) is 79.7. The van der Waals surface area contributed by atoms with E-state index >= 15 is 0 Å².